The number of hydrogen-bond acceptors (Lipinski definition) is 5. The zero-order chi connectivity index (χ0) is 21.0. The number of anilines is 1. The van der Waals surface area contributed by atoms with Crippen LogP contribution in [0, 0.1) is 0 Å². The van der Waals surface area contributed by atoms with E-state index in [9.17, 15) is 4.79 Å². The monoisotopic (exact) mass is 415 g/mol. The summed E-state index contributed by atoms with van der Waals surface area (Å²) in [5, 5.41) is 0. The van der Waals surface area contributed by atoms with E-state index >= 15 is 0 Å². The van der Waals surface area contributed by atoms with Crippen LogP contribution in [0.3, 0.4) is 0 Å². The fourth-order valence-electron chi connectivity index (χ4n) is 4.06. The van der Waals surface area contributed by atoms with Crippen molar-refractivity contribution in [2.75, 3.05) is 37.9 Å². The van der Waals surface area contributed by atoms with Crippen molar-refractivity contribution in [1.82, 2.24) is 9.88 Å². The van der Waals surface area contributed by atoms with E-state index < -0.39 is 0 Å². The predicted octanol–water partition coefficient (Wildman–Crippen LogP) is 4.22. The minimum Gasteiger partial charge on any atom is -0.476 e. The van der Waals surface area contributed by atoms with Crippen molar-refractivity contribution in [1.29, 1.82) is 0 Å². The lowest BCUT2D eigenvalue weighted by Gasteiger charge is -2.29. The number of fused-ring (bicyclic) bond motifs is 1. The minimum absolute atomic E-state index is 0.0923. The Morgan fingerprint density at radius 2 is 1.81 bits per heavy atom. The Hall–Kier alpha value is -3.38. The third kappa shape index (κ3) is 4.25. The summed E-state index contributed by atoms with van der Waals surface area (Å²) in [5.41, 5.74) is 3.36. The van der Waals surface area contributed by atoms with Crippen molar-refractivity contribution in [2.24, 2.45) is 0 Å². The van der Waals surface area contributed by atoms with Crippen LogP contribution in [0.1, 0.15) is 23.2 Å². The molecule has 1 fully saturated rings. The summed E-state index contributed by atoms with van der Waals surface area (Å²) >= 11 is 0. The molecule has 0 bridgehead atoms. The lowest BCUT2D eigenvalue weighted by molar-refractivity contribution is 0.0937. The Kier molecular flexibility index (Phi) is 5.54. The molecule has 0 unspecified atom stereocenters. The number of carbonyl (C=O) groups excluding carboxylic acids is 1. The molecular formula is C25H25N3O3. The van der Waals surface area contributed by atoms with E-state index in [0.29, 0.717) is 29.5 Å². The molecule has 5 rings (SSSR count). The molecule has 2 aliphatic heterocycles. The number of benzene rings is 2. The van der Waals surface area contributed by atoms with Crippen LogP contribution < -0.4 is 14.4 Å². The number of amides is 1. The van der Waals surface area contributed by atoms with Gasteiger partial charge in [-0.25, -0.2) is 4.98 Å². The lowest BCUT2D eigenvalue weighted by atomic mass is 10.0. The highest BCUT2D eigenvalue weighted by molar-refractivity contribution is 6.09. The van der Waals surface area contributed by atoms with Gasteiger partial charge < -0.3 is 9.47 Å². The zero-order valence-electron chi connectivity index (χ0n) is 17.4. The van der Waals surface area contributed by atoms with Gasteiger partial charge in [0.05, 0.1) is 17.4 Å². The molecule has 0 N–H and O–H groups in total. The van der Waals surface area contributed by atoms with Crippen LogP contribution in [0.15, 0.2) is 66.9 Å². The Labute approximate surface area is 182 Å². The summed E-state index contributed by atoms with van der Waals surface area (Å²) in [6.45, 7) is 4.00. The first-order valence-electron chi connectivity index (χ1n) is 10.7. The van der Waals surface area contributed by atoms with Gasteiger partial charge >= 0.3 is 0 Å². The van der Waals surface area contributed by atoms with Gasteiger partial charge in [-0.3, -0.25) is 14.6 Å². The summed E-state index contributed by atoms with van der Waals surface area (Å²) in [6.07, 6.45) is 4.21. The van der Waals surface area contributed by atoms with Crippen molar-refractivity contribution >= 4 is 11.6 Å². The second kappa shape index (κ2) is 8.78. The second-order valence-corrected chi connectivity index (χ2v) is 7.84. The van der Waals surface area contributed by atoms with Crippen molar-refractivity contribution in [2.45, 2.75) is 12.8 Å². The fraction of sp³-hybridized carbons (Fsp3) is 0.280. The number of ether oxygens (including phenoxy) is 2. The van der Waals surface area contributed by atoms with Crippen molar-refractivity contribution < 1.29 is 14.3 Å². The average molecular weight is 415 g/mol. The van der Waals surface area contributed by atoms with E-state index in [2.05, 4.69) is 9.88 Å². The summed E-state index contributed by atoms with van der Waals surface area (Å²) in [7, 11) is 0. The van der Waals surface area contributed by atoms with Gasteiger partial charge in [0.15, 0.2) is 6.73 Å². The molecule has 0 aliphatic carbocycles. The standard InChI is InChI=1S/C25H25N3O3/c29-25-22-10-8-20(19-6-2-1-3-7-19)16-23(22)31-18-28(25)21-9-11-24(26-17-21)30-15-14-27-12-4-5-13-27/h1-3,6-11,16-17H,4-5,12-15,18H2. The summed E-state index contributed by atoms with van der Waals surface area (Å²) < 4.78 is 11.7. The first-order valence-corrected chi connectivity index (χ1v) is 10.7. The number of nitrogens with zero attached hydrogens (tertiary/aromatic N) is 3. The number of pyridine rings is 1. The molecule has 0 atom stereocenters. The molecule has 3 aromatic rings. The highest BCUT2D eigenvalue weighted by Gasteiger charge is 2.27. The third-order valence-corrected chi connectivity index (χ3v) is 5.80. The molecule has 0 radical (unpaired) electrons. The third-order valence-electron chi connectivity index (χ3n) is 5.80. The topological polar surface area (TPSA) is 54.9 Å². The smallest absolute Gasteiger partial charge is 0.264 e. The number of likely N-dealkylation sites (tertiary alicyclic amines) is 1. The van der Waals surface area contributed by atoms with E-state index in [1.807, 2.05) is 54.6 Å². The molecule has 6 nitrogen and oxygen atoms in total. The van der Waals surface area contributed by atoms with Crippen LogP contribution in [0.25, 0.3) is 11.1 Å². The molecule has 0 spiro atoms. The van der Waals surface area contributed by atoms with Crippen LogP contribution in [0.2, 0.25) is 0 Å². The molecule has 1 saturated heterocycles. The number of aromatic nitrogens is 1. The van der Waals surface area contributed by atoms with Crippen molar-refractivity contribution in [3.8, 4) is 22.8 Å². The van der Waals surface area contributed by atoms with Crippen LogP contribution in [-0.4, -0.2) is 48.8 Å². The Morgan fingerprint density at radius 3 is 2.58 bits per heavy atom. The zero-order valence-corrected chi connectivity index (χ0v) is 17.4. The quantitative estimate of drug-likeness (QED) is 0.603. The first-order chi connectivity index (χ1) is 15.3. The summed E-state index contributed by atoms with van der Waals surface area (Å²) in [6, 6.07) is 19.4. The van der Waals surface area contributed by atoms with Crippen molar-refractivity contribution in [3.05, 3.63) is 72.4 Å². The van der Waals surface area contributed by atoms with E-state index in [0.717, 1.165) is 30.8 Å². The van der Waals surface area contributed by atoms with Crippen LogP contribution in [-0.2, 0) is 0 Å². The van der Waals surface area contributed by atoms with Gasteiger partial charge in [0.1, 0.15) is 12.4 Å². The molecule has 0 saturated carbocycles. The fourth-order valence-corrected chi connectivity index (χ4v) is 4.06. The van der Waals surface area contributed by atoms with Gasteiger partial charge in [0, 0.05) is 12.6 Å². The first kappa shape index (κ1) is 19.6. The molecular weight excluding hydrogens is 390 g/mol. The maximum absolute atomic E-state index is 13.1. The molecule has 158 valence electrons. The van der Waals surface area contributed by atoms with E-state index in [-0.39, 0.29) is 12.6 Å². The maximum atomic E-state index is 13.1. The van der Waals surface area contributed by atoms with Gasteiger partial charge in [-0.1, -0.05) is 36.4 Å². The molecule has 2 aromatic carbocycles. The largest absolute Gasteiger partial charge is 0.476 e. The second-order valence-electron chi connectivity index (χ2n) is 7.84. The lowest BCUT2D eigenvalue weighted by Crippen LogP contribution is -2.38. The van der Waals surface area contributed by atoms with Crippen molar-refractivity contribution in [3.63, 3.8) is 0 Å². The van der Waals surface area contributed by atoms with Crippen LogP contribution in [0.4, 0.5) is 5.69 Å². The number of rotatable bonds is 6. The van der Waals surface area contributed by atoms with Crippen LogP contribution in [0.5, 0.6) is 11.6 Å². The Morgan fingerprint density at radius 1 is 0.968 bits per heavy atom. The van der Waals surface area contributed by atoms with E-state index in [1.54, 1.807) is 17.2 Å². The van der Waals surface area contributed by atoms with E-state index in [1.165, 1.54) is 12.8 Å². The normalized spacial score (nSPS) is 16.1. The highest BCUT2D eigenvalue weighted by Crippen LogP contribution is 2.32. The maximum Gasteiger partial charge on any atom is 0.264 e. The van der Waals surface area contributed by atoms with Gasteiger partial charge in [-0.2, -0.15) is 0 Å². The number of hydrogen-bond donors (Lipinski definition) is 0. The van der Waals surface area contributed by atoms with Crippen LogP contribution >= 0.6 is 0 Å². The van der Waals surface area contributed by atoms with Gasteiger partial charge in [0.25, 0.3) is 5.91 Å². The molecule has 31 heavy (non-hydrogen) atoms. The molecule has 3 heterocycles. The summed E-state index contributed by atoms with van der Waals surface area (Å²) in [5.74, 6) is 1.09. The van der Waals surface area contributed by atoms with Gasteiger partial charge in [-0.05, 0) is 55.3 Å². The van der Waals surface area contributed by atoms with E-state index in [4.69, 9.17) is 9.47 Å². The Balaban J connectivity index is 1.25. The van der Waals surface area contributed by atoms with Gasteiger partial charge in [0.2, 0.25) is 5.88 Å². The molecule has 1 amide bonds. The average Bonchev–Trinajstić information content (AvgIpc) is 3.34. The highest BCUT2D eigenvalue weighted by atomic mass is 16.5. The SMILES string of the molecule is O=C1c2ccc(-c3ccccc3)cc2OCN1c1ccc(OCCN2CCCC2)nc1. The van der Waals surface area contributed by atoms with Gasteiger partial charge in [-0.15, -0.1) is 0 Å². The number of carbonyl (C=O) groups is 1. The summed E-state index contributed by atoms with van der Waals surface area (Å²) in [4.78, 5) is 21.4. The Bertz CT molecular complexity index is 1050. The minimum atomic E-state index is -0.0923. The molecule has 2 aliphatic rings. The predicted molar refractivity (Wildman–Crippen MR) is 120 cm³/mol. The molecule has 6 heteroatoms. The molecule has 1 aromatic heterocycles.